The number of nitro groups is 2. The Morgan fingerprint density at radius 2 is 1.07 bits per heavy atom. The van der Waals surface area contributed by atoms with Crippen LogP contribution in [0, 0.1) is 20.2 Å². The summed E-state index contributed by atoms with van der Waals surface area (Å²) >= 11 is 14.3. The summed E-state index contributed by atoms with van der Waals surface area (Å²) in [6.07, 6.45) is -0.0144. The molecule has 0 radical (unpaired) electrons. The van der Waals surface area contributed by atoms with Crippen LogP contribution in [-0.4, -0.2) is 9.85 Å². The molecule has 6 rings (SSSR count). The number of fused-ring (bicyclic) bond motifs is 3. The third-order valence-electron chi connectivity index (χ3n) is 6.25. The summed E-state index contributed by atoms with van der Waals surface area (Å²) in [7, 11) is -3.13. The van der Waals surface area contributed by atoms with Crippen molar-refractivity contribution in [2.24, 2.45) is 13.5 Å². The highest BCUT2D eigenvalue weighted by Gasteiger charge is 2.42. The molecule has 2 atom stereocenters. The fraction of sp³-hybridized carbons (Fsp3) is 0.0400. The van der Waals surface area contributed by atoms with Crippen LogP contribution < -0.4 is 19.7 Å². The van der Waals surface area contributed by atoms with Crippen molar-refractivity contribution in [1.82, 2.24) is 0 Å². The number of hydrogen-bond donors (Lipinski definition) is 0. The number of benzene rings is 4. The van der Waals surface area contributed by atoms with Gasteiger partial charge in [-0.15, -0.1) is 4.52 Å². The molecule has 11 nitrogen and oxygen atoms in total. The van der Waals surface area contributed by atoms with E-state index in [9.17, 15) is 20.2 Å². The summed E-state index contributed by atoms with van der Waals surface area (Å²) in [5.74, 6) is 0.380. The molecular formula is C25H18Cl2N5O6P3. The first-order valence-electron chi connectivity index (χ1n) is 11.9. The van der Waals surface area contributed by atoms with E-state index in [0.717, 1.165) is 10.6 Å². The second-order valence-corrected chi connectivity index (χ2v) is 18.2. The van der Waals surface area contributed by atoms with Crippen LogP contribution in [0.25, 0.3) is 0 Å². The third kappa shape index (κ3) is 5.32. The van der Waals surface area contributed by atoms with Gasteiger partial charge in [-0.25, -0.2) is 0 Å². The topological polar surface area (TPSA) is 142 Å². The fourth-order valence-corrected chi connectivity index (χ4v) is 18.3. The van der Waals surface area contributed by atoms with Crippen molar-refractivity contribution in [3.63, 3.8) is 0 Å². The van der Waals surface area contributed by atoms with Crippen molar-refractivity contribution < 1.29 is 18.9 Å². The second-order valence-electron chi connectivity index (χ2n) is 8.94. The predicted octanol–water partition coefficient (Wildman–Crippen LogP) is 9.02. The molecule has 2 aliphatic heterocycles. The Morgan fingerprint density at radius 1 is 0.634 bits per heavy atom. The van der Waals surface area contributed by atoms with Crippen LogP contribution in [-0.2, 0) is 6.42 Å². The molecule has 4 aromatic rings. The molecular weight excluding hydrogens is 630 g/mol. The standard InChI is InChI=1S/C25H18Cl2N5O6P3/c26-40-28-39(22-7-3-1-4-8-22,23-9-5-2-6-10-23)29-41(27,30-40)38-25-14-12-21(32(35)36)17-19(25)15-18-16-20(31(33)34)11-13-24(18)37-40/h1-14,16-17H,15H2/t40-,41+. The molecule has 2 bridgehead atoms. The lowest BCUT2D eigenvalue weighted by molar-refractivity contribution is -0.385. The SMILES string of the molecule is O=[N+]([O-])c1ccc2c(c1)Cc1cc([N+](=O)[O-])ccc1O[P@]1(Cl)=NP(c3ccccc3)(c3ccccc3)=N[P@@](Cl)(=N1)O2. The van der Waals surface area contributed by atoms with E-state index in [4.69, 9.17) is 40.6 Å². The van der Waals surface area contributed by atoms with Crippen molar-refractivity contribution in [2.75, 3.05) is 0 Å². The van der Waals surface area contributed by atoms with Crippen LogP contribution in [0.3, 0.4) is 0 Å². The summed E-state index contributed by atoms with van der Waals surface area (Å²) < 4.78 is 27.4. The number of rotatable bonds is 4. The van der Waals surface area contributed by atoms with E-state index >= 15 is 0 Å². The van der Waals surface area contributed by atoms with Crippen molar-refractivity contribution in [1.29, 1.82) is 0 Å². The fourth-order valence-electron chi connectivity index (χ4n) is 4.48. The van der Waals surface area contributed by atoms with E-state index in [1.807, 2.05) is 60.7 Å². The van der Waals surface area contributed by atoms with Gasteiger partial charge in [-0.2, -0.15) is 9.03 Å². The van der Waals surface area contributed by atoms with Crippen LogP contribution in [0.5, 0.6) is 11.5 Å². The largest absolute Gasteiger partial charge is 0.430 e. The van der Waals surface area contributed by atoms with Crippen LogP contribution in [0.15, 0.2) is 111 Å². The molecule has 208 valence electrons. The van der Waals surface area contributed by atoms with Gasteiger partial charge >= 0.3 is 13.6 Å². The summed E-state index contributed by atoms with van der Waals surface area (Å²) in [5.41, 5.74) is 0.310. The first-order chi connectivity index (χ1) is 19.6. The lowest BCUT2D eigenvalue weighted by Crippen LogP contribution is -2.16. The van der Waals surface area contributed by atoms with Crippen molar-refractivity contribution in [2.45, 2.75) is 6.42 Å². The van der Waals surface area contributed by atoms with Gasteiger partial charge in [0.15, 0.2) is 0 Å². The van der Waals surface area contributed by atoms with E-state index in [1.165, 1.54) is 36.4 Å². The van der Waals surface area contributed by atoms with Crippen LogP contribution in [0.1, 0.15) is 11.1 Å². The molecule has 0 unspecified atom stereocenters. The van der Waals surface area contributed by atoms with Crippen LogP contribution in [0.2, 0.25) is 0 Å². The lowest BCUT2D eigenvalue weighted by atomic mass is 10.0. The molecule has 41 heavy (non-hydrogen) atoms. The number of halogens is 2. The smallest absolute Gasteiger partial charge is 0.351 e. The molecule has 0 N–H and O–H groups in total. The Balaban J connectivity index is 1.70. The van der Waals surface area contributed by atoms with Gasteiger partial charge in [-0.05, 0) is 34.6 Å². The summed E-state index contributed by atoms with van der Waals surface area (Å²) in [6, 6.07) is 26.7. The first kappa shape index (κ1) is 27.7. The van der Waals surface area contributed by atoms with E-state index in [1.54, 1.807) is 0 Å². The van der Waals surface area contributed by atoms with E-state index in [-0.39, 0.29) is 29.3 Å². The maximum atomic E-state index is 11.6. The second kappa shape index (κ2) is 10.4. The van der Waals surface area contributed by atoms with Crippen LogP contribution >= 0.6 is 43.3 Å². The Hall–Kier alpha value is -3.45. The normalized spacial score (nSPS) is 22.1. The quantitative estimate of drug-likeness (QED) is 0.123. The van der Waals surface area contributed by atoms with Gasteiger partial charge in [0, 0.05) is 52.4 Å². The zero-order valence-corrected chi connectivity index (χ0v) is 24.9. The summed E-state index contributed by atoms with van der Waals surface area (Å²) in [4.78, 5) is 22.1. The average molecular weight is 648 g/mol. The minimum Gasteiger partial charge on any atom is -0.430 e. The van der Waals surface area contributed by atoms with Crippen molar-refractivity contribution in [3.8, 4) is 11.5 Å². The van der Waals surface area contributed by atoms with Gasteiger partial charge in [0.2, 0.25) is 0 Å². The Bertz CT molecular complexity index is 1790. The number of nitrogens with zero attached hydrogens (tertiary/aromatic N) is 5. The average Bonchev–Trinajstić information content (AvgIpc) is 2.94. The summed E-state index contributed by atoms with van der Waals surface area (Å²) in [6.45, 7) is -7.33. The van der Waals surface area contributed by atoms with E-state index < -0.39 is 30.6 Å². The zero-order chi connectivity index (χ0) is 28.8. The number of hydrogen-bond acceptors (Lipinski definition) is 9. The van der Waals surface area contributed by atoms with Crippen LogP contribution in [0.4, 0.5) is 11.4 Å². The lowest BCUT2D eigenvalue weighted by Gasteiger charge is -2.32. The monoisotopic (exact) mass is 647 g/mol. The van der Waals surface area contributed by atoms with E-state index in [0.29, 0.717) is 11.1 Å². The maximum Gasteiger partial charge on any atom is 0.351 e. The van der Waals surface area contributed by atoms with Gasteiger partial charge in [0.25, 0.3) is 11.4 Å². The highest BCUT2D eigenvalue weighted by Crippen LogP contribution is 2.81. The molecule has 0 spiro atoms. The molecule has 2 aliphatic rings. The highest BCUT2D eigenvalue weighted by molar-refractivity contribution is 8.04. The molecule has 0 aliphatic carbocycles. The predicted molar refractivity (Wildman–Crippen MR) is 162 cm³/mol. The molecule has 0 amide bonds. The van der Waals surface area contributed by atoms with Gasteiger partial charge in [-0.3, -0.25) is 20.2 Å². The first-order valence-corrected chi connectivity index (χ1v) is 18.7. The molecule has 2 heterocycles. The molecule has 16 heteroatoms. The molecule has 0 aromatic heterocycles. The number of nitro benzene ring substituents is 2. The molecule has 0 saturated heterocycles. The Kier molecular flexibility index (Phi) is 7.05. The Labute approximate surface area is 243 Å². The zero-order valence-electron chi connectivity index (χ0n) is 20.7. The van der Waals surface area contributed by atoms with Gasteiger partial charge < -0.3 is 9.05 Å². The number of non-ortho nitro benzene ring substituents is 2. The molecule has 0 saturated carbocycles. The minimum atomic E-state index is -3.67. The Morgan fingerprint density at radius 3 is 1.51 bits per heavy atom. The molecule has 4 aromatic carbocycles. The molecule has 0 fully saturated rings. The van der Waals surface area contributed by atoms with E-state index in [2.05, 4.69) is 4.52 Å². The van der Waals surface area contributed by atoms with Crippen molar-refractivity contribution >= 4 is 65.2 Å². The third-order valence-corrected chi connectivity index (χ3v) is 17.6. The van der Waals surface area contributed by atoms with Gasteiger partial charge in [-0.1, -0.05) is 60.7 Å². The van der Waals surface area contributed by atoms with Gasteiger partial charge in [0.1, 0.15) is 18.7 Å². The minimum absolute atomic E-state index is 0.0144. The summed E-state index contributed by atoms with van der Waals surface area (Å²) in [5, 5.41) is 24.7. The highest BCUT2D eigenvalue weighted by atomic mass is 35.7. The van der Waals surface area contributed by atoms with Crippen molar-refractivity contribution in [3.05, 3.63) is 128 Å². The van der Waals surface area contributed by atoms with Gasteiger partial charge in [0.05, 0.1) is 9.85 Å². The maximum absolute atomic E-state index is 11.6.